The fourth-order valence-corrected chi connectivity index (χ4v) is 2.83. The number of piperidine rings is 1. The average Bonchev–Trinajstić information content (AvgIpc) is 2.28. The number of hydrogen-bond donors (Lipinski definition) is 1. The normalized spacial score (nSPS) is 22.9. The highest BCUT2D eigenvalue weighted by atomic mass is 35.5. The number of hydrogen-bond acceptors (Lipinski definition) is 2. The van der Waals surface area contributed by atoms with Gasteiger partial charge in [-0.1, -0.05) is 37.6 Å². The molecule has 2 nitrogen and oxygen atoms in total. The third-order valence-electron chi connectivity index (χ3n) is 4.29. The van der Waals surface area contributed by atoms with Gasteiger partial charge in [-0.15, -0.1) is 12.4 Å². The summed E-state index contributed by atoms with van der Waals surface area (Å²) < 4.78 is 0. The molecule has 0 aromatic heterocycles. The van der Waals surface area contributed by atoms with Crippen LogP contribution in [-0.4, -0.2) is 24.0 Å². The Kier molecular flexibility index (Phi) is 5.43. The predicted molar refractivity (Wildman–Crippen MR) is 84.8 cm³/mol. The van der Waals surface area contributed by atoms with Gasteiger partial charge in [0.1, 0.15) is 0 Å². The first-order chi connectivity index (χ1) is 8.38. The lowest BCUT2D eigenvalue weighted by Crippen LogP contribution is -2.52. The number of nitrogens with two attached hydrogens (primary N) is 1. The number of nitrogens with zero attached hydrogens (tertiary/aromatic N) is 1. The van der Waals surface area contributed by atoms with Crippen molar-refractivity contribution in [3.63, 3.8) is 0 Å². The lowest BCUT2D eigenvalue weighted by Gasteiger charge is -2.42. The molecular weight excluding hydrogens is 256 g/mol. The molecule has 1 aromatic carbocycles. The number of rotatable bonds is 2. The van der Waals surface area contributed by atoms with E-state index in [1.807, 2.05) is 0 Å². The minimum absolute atomic E-state index is 0. The Balaban J connectivity index is 0.00000180. The smallest absolute Gasteiger partial charge is 0.0236 e. The fourth-order valence-electron chi connectivity index (χ4n) is 2.83. The molecule has 19 heavy (non-hydrogen) atoms. The van der Waals surface area contributed by atoms with Crippen LogP contribution in [0.3, 0.4) is 0 Å². The second-order valence-electron chi connectivity index (χ2n) is 6.52. The van der Waals surface area contributed by atoms with Crippen molar-refractivity contribution in [2.24, 2.45) is 11.1 Å². The quantitative estimate of drug-likeness (QED) is 0.902. The molecule has 0 spiro atoms. The third kappa shape index (κ3) is 3.95. The summed E-state index contributed by atoms with van der Waals surface area (Å²) in [6.45, 7) is 12.2. The van der Waals surface area contributed by atoms with Crippen LogP contribution < -0.4 is 5.73 Å². The van der Waals surface area contributed by atoms with Crippen LogP contribution in [0.1, 0.15) is 37.0 Å². The van der Waals surface area contributed by atoms with Crippen molar-refractivity contribution in [3.8, 4) is 0 Å². The van der Waals surface area contributed by atoms with E-state index in [0.29, 0.717) is 6.04 Å². The lowest BCUT2D eigenvalue weighted by atomic mass is 9.79. The Morgan fingerprint density at radius 3 is 2.63 bits per heavy atom. The van der Waals surface area contributed by atoms with E-state index in [2.05, 4.69) is 50.8 Å². The van der Waals surface area contributed by atoms with Crippen LogP contribution in [0.25, 0.3) is 0 Å². The van der Waals surface area contributed by atoms with Gasteiger partial charge in [0, 0.05) is 25.7 Å². The Morgan fingerprint density at radius 2 is 2.00 bits per heavy atom. The zero-order valence-corrected chi connectivity index (χ0v) is 13.4. The number of benzene rings is 1. The summed E-state index contributed by atoms with van der Waals surface area (Å²) in [4.78, 5) is 2.55. The first-order valence-corrected chi connectivity index (χ1v) is 6.92. The van der Waals surface area contributed by atoms with Crippen LogP contribution in [0.15, 0.2) is 18.2 Å². The molecule has 1 atom stereocenters. The number of halogens is 1. The molecule has 108 valence electrons. The highest BCUT2D eigenvalue weighted by Gasteiger charge is 2.33. The molecule has 2 rings (SSSR count). The maximum atomic E-state index is 6.20. The van der Waals surface area contributed by atoms with Gasteiger partial charge >= 0.3 is 0 Å². The fraction of sp³-hybridized carbons (Fsp3) is 0.625. The van der Waals surface area contributed by atoms with Gasteiger partial charge in [-0.2, -0.15) is 0 Å². The molecule has 1 saturated heterocycles. The van der Waals surface area contributed by atoms with E-state index in [4.69, 9.17) is 5.73 Å². The maximum Gasteiger partial charge on any atom is 0.0236 e. The van der Waals surface area contributed by atoms with Crippen molar-refractivity contribution < 1.29 is 0 Å². The maximum absolute atomic E-state index is 6.20. The second-order valence-corrected chi connectivity index (χ2v) is 6.52. The largest absolute Gasteiger partial charge is 0.327 e. The van der Waals surface area contributed by atoms with E-state index in [9.17, 15) is 0 Å². The summed E-state index contributed by atoms with van der Waals surface area (Å²) in [6, 6.07) is 7.07. The number of aryl methyl sites for hydroxylation is 2. The van der Waals surface area contributed by atoms with Crippen LogP contribution in [0, 0.1) is 19.3 Å². The van der Waals surface area contributed by atoms with Gasteiger partial charge in [0.15, 0.2) is 0 Å². The summed E-state index contributed by atoms with van der Waals surface area (Å²) in [5.41, 5.74) is 10.6. The van der Waals surface area contributed by atoms with E-state index < -0.39 is 0 Å². The standard InChI is InChI=1S/C16H26N2.ClH/c1-12-5-6-13(2)14(9-12)10-18-8-7-15(17)16(3,4)11-18;/h5-6,9,15H,7-8,10-11,17H2,1-4H3;1H. The minimum atomic E-state index is 0. The molecule has 1 fully saturated rings. The summed E-state index contributed by atoms with van der Waals surface area (Å²) in [5.74, 6) is 0. The molecule has 0 saturated carbocycles. The van der Waals surface area contributed by atoms with Crippen molar-refractivity contribution >= 4 is 12.4 Å². The summed E-state index contributed by atoms with van der Waals surface area (Å²) >= 11 is 0. The molecule has 0 aliphatic carbocycles. The zero-order valence-electron chi connectivity index (χ0n) is 12.6. The molecular formula is C16H27ClN2. The van der Waals surface area contributed by atoms with Crippen molar-refractivity contribution in [1.29, 1.82) is 0 Å². The molecule has 0 radical (unpaired) electrons. The second kappa shape index (κ2) is 6.25. The summed E-state index contributed by atoms with van der Waals surface area (Å²) in [5, 5.41) is 0. The minimum Gasteiger partial charge on any atom is -0.327 e. The molecule has 3 heteroatoms. The van der Waals surface area contributed by atoms with Crippen molar-refractivity contribution in [2.75, 3.05) is 13.1 Å². The third-order valence-corrected chi connectivity index (χ3v) is 4.29. The Hall–Kier alpha value is -0.570. The molecule has 0 bridgehead atoms. The highest BCUT2D eigenvalue weighted by Crippen LogP contribution is 2.29. The first-order valence-electron chi connectivity index (χ1n) is 6.92. The Bertz CT molecular complexity index is 429. The predicted octanol–water partition coefficient (Wildman–Crippen LogP) is 3.28. The van der Waals surface area contributed by atoms with E-state index in [-0.39, 0.29) is 17.8 Å². The molecule has 0 amide bonds. The van der Waals surface area contributed by atoms with Gasteiger partial charge in [-0.3, -0.25) is 4.90 Å². The molecule has 2 N–H and O–H groups in total. The van der Waals surface area contributed by atoms with E-state index in [0.717, 1.165) is 26.1 Å². The van der Waals surface area contributed by atoms with Gasteiger partial charge in [0.05, 0.1) is 0 Å². The number of likely N-dealkylation sites (tertiary alicyclic amines) is 1. The average molecular weight is 283 g/mol. The van der Waals surface area contributed by atoms with Gasteiger partial charge in [0.25, 0.3) is 0 Å². The van der Waals surface area contributed by atoms with Crippen molar-refractivity contribution in [1.82, 2.24) is 4.90 Å². The van der Waals surface area contributed by atoms with Crippen LogP contribution in [-0.2, 0) is 6.54 Å². The molecule has 1 unspecified atom stereocenters. The molecule has 1 heterocycles. The first kappa shape index (κ1) is 16.5. The SMILES string of the molecule is Cc1ccc(C)c(CN2CCC(N)C(C)(C)C2)c1.Cl. The van der Waals surface area contributed by atoms with E-state index in [1.54, 1.807) is 0 Å². The highest BCUT2D eigenvalue weighted by molar-refractivity contribution is 5.85. The summed E-state index contributed by atoms with van der Waals surface area (Å²) in [7, 11) is 0. The van der Waals surface area contributed by atoms with Crippen molar-refractivity contribution in [2.45, 2.75) is 46.7 Å². The van der Waals surface area contributed by atoms with Crippen LogP contribution in [0.2, 0.25) is 0 Å². The van der Waals surface area contributed by atoms with Crippen LogP contribution >= 0.6 is 12.4 Å². The zero-order chi connectivity index (χ0) is 13.3. The van der Waals surface area contributed by atoms with Gasteiger partial charge in [0.2, 0.25) is 0 Å². The monoisotopic (exact) mass is 282 g/mol. The Morgan fingerprint density at radius 1 is 1.32 bits per heavy atom. The topological polar surface area (TPSA) is 29.3 Å². The lowest BCUT2D eigenvalue weighted by molar-refractivity contribution is 0.0897. The van der Waals surface area contributed by atoms with E-state index in [1.165, 1.54) is 16.7 Å². The summed E-state index contributed by atoms with van der Waals surface area (Å²) in [6.07, 6.45) is 1.11. The van der Waals surface area contributed by atoms with Crippen LogP contribution in [0.4, 0.5) is 0 Å². The molecule has 1 aliphatic heterocycles. The van der Waals surface area contributed by atoms with E-state index >= 15 is 0 Å². The Labute approximate surface area is 123 Å². The van der Waals surface area contributed by atoms with Crippen LogP contribution in [0.5, 0.6) is 0 Å². The van der Waals surface area contributed by atoms with Gasteiger partial charge < -0.3 is 5.73 Å². The molecule has 1 aromatic rings. The molecule has 1 aliphatic rings. The van der Waals surface area contributed by atoms with Gasteiger partial charge in [-0.05, 0) is 36.8 Å². The van der Waals surface area contributed by atoms with Gasteiger partial charge in [-0.25, -0.2) is 0 Å². The van der Waals surface area contributed by atoms with Crippen molar-refractivity contribution in [3.05, 3.63) is 34.9 Å².